The Balaban J connectivity index is 1.74. The monoisotopic (exact) mass is 496 g/mol. The second kappa shape index (κ2) is 9.64. The van der Waals surface area contributed by atoms with Crippen molar-refractivity contribution in [3.8, 4) is 5.75 Å². The minimum absolute atomic E-state index is 0.0845. The maximum atomic E-state index is 6.21. The van der Waals surface area contributed by atoms with Crippen LogP contribution in [0.4, 0.5) is 11.5 Å². The molecule has 2 heterocycles. The molecule has 5 aromatic rings. The summed E-state index contributed by atoms with van der Waals surface area (Å²) in [6, 6.07) is 42.5. The lowest BCUT2D eigenvalue weighted by molar-refractivity contribution is -0.527. The number of pyridine rings is 1. The first-order valence-corrected chi connectivity index (χ1v) is 13.0. The Morgan fingerprint density at radius 1 is 0.711 bits per heavy atom. The summed E-state index contributed by atoms with van der Waals surface area (Å²) >= 11 is 0. The van der Waals surface area contributed by atoms with Crippen molar-refractivity contribution in [3.63, 3.8) is 0 Å². The van der Waals surface area contributed by atoms with Crippen LogP contribution in [0.5, 0.6) is 5.75 Å². The van der Waals surface area contributed by atoms with Gasteiger partial charge >= 0.3 is 0 Å². The van der Waals surface area contributed by atoms with Crippen molar-refractivity contribution >= 4 is 17.2 Å². The molecule has 4 heteroatoms. The van der Waals surface area contributed by atoms with Crippen LogP contribution in [0.1, 0.15) is 41.7 Å². The van der Waals surface area contributed by atoms with Gasteiger partial charge in [0.2, 0.25) is 16.9 Å². The number of ether oxygens (including phenoxy) is 1. The number of benzene rings is 4. The molecule has 186 valence electrons. The fourth-order valence-electron chi connectivity index (χ4n) is 5.59. The summed E-state index contributed by atoms with van der Waals surface area (Å²) in [6.07, 6.45) is 1.86. The Labute approximate surface area is 223 Å². The SMILES string of the molecule is CC(C)Oc1ccc2c(c1)C(c1ccnc(N)c1)=[N+]2C(c1ccccc1)(c1ccccc1)c1ccccc1. The first kappa shape index (κ1) is 23.7. The van der Waals surface area contributed by atoms with E-state index in [1.54, 1.807) is 6.20 Å². The van der Waals surface area contributed by atoms with E-state index in [4.69, 9.17) is 10.5 Å². The minimum atomic E-state index is -0.634. The van der Waals surface area contributed by atoms with Crippen LogP contribution < -0.4 is 10.5 Å². The molecule has 0 radical (unpaired) electrons. The number of hydrogen-bond donors (Lipinski definition) is 1. The summed E-state index contributed by atoms with van der Waals surface area (Å²) < 4.78 is 8.55. The average Bonchev–Trinajstić information content (AvgIpc) is 2.94. The molecule has 4 nitrogen and oxygen atoms in total. The van der Waals surface area contributed by atoms with Gasteiger partial charge in [0.05, 0.1) is 11.7 Å². The molecule has 0 fully saturated rings. The lowest BCUT2D eigenvalue weighted by Gasteiger charge is -2.38. The zero-order valence-corrected chi connectivity index (χ0v) is 21.6. The van der Waals surface area contributed by atoms with E-state index >= 15 is 0 Å². The van der Waals surface area contributed by atoms with Gasteiger partial charge in [-0.05, 0) is 32.0 Å². The van der Waals surface area contributed by atoms with Gasteiger partial charge in [-0.1, -0.05) is 91.0 Å². The van der Waals surface area contributed by atoms with Gasteiger partial charge in [0.25, 0.3) is 0 Å². The highest BCUT2D eigenvalue weighted by molar-refractivity contribution is 6.17. The van der Waals surface area contributed by atoms with Crippen molar-refractivity contribution in [2.45, 2.75) is 25.5 Å². The maximum absolute atomic E-state index is 6.21. The van der Waals surface area contributed by atoms with Crippen molar-refractivity contribution in [1.29, 1.82) is 0 Å². The third kappa shape index (κ3) is 3.86. The van der Waals surface area contributed by atoms with Crippen molar-refractivity contribution in [1.82, 2.24) is 4.98 Å². The first-order chi connectivity index (χ1) is 18.6. The summed E-state index contributed by atoms with van der Waals surface area (Å²) in [6.45, 7) is 4.09. The van der Waals surface area contributed by atoms with E-state index in [9.17, 15) is 0 Å². The zero-order valence-electron chi connectivity index (χ0n) is 21.6. The molecule has 0 bridgehead atoms. The lowest BCUT2D eigenvalue weighted by Crippen LogP contribution is -2.47. The van der Waals surface area contributed by atoms with Gasteiger partial charge in [-0.2, -0.15) is 4.58 Å². The number of hydrogen-bond acceptors (Lipinski definition) is 3. The third-order valence-corrected chi connectivity index (χ3v) is 7.02. The Morgan fingerprint density at radius 3 is 1.76 bits per heavy atom. The highest BCUT2D eigenvalue weighted by atomic mass is 16.5. The molecule has 6 rings (SSSR count). The topological polar surface area (TPSA) is 51.1 Å². The lowest BCUT2D eigenvalue weighted by atomic mass is 9.73. The van der Waals surface area contributed by atoms with Gasteiger partial charge in [-0.25, -0.2) is 4.98 Å². The van der Waals surface area contributed by atoms with Crippen LogP contribution in [-0.2, 0) is 5.54 Å². The molecule has 38 heavy (non-hydrogen) atoms. The Morgan fingerprint density at radius 2 is 1.26 bits per heavy atom. The van der Waals surface area contributed by atoms with Gasteiger partial charge in [0.1, 0.15) is 17.1 Å². The summed E-state index contributed by atoms with van der Waals surface area (Å²) in [5.41, 5.74) is 13.4. The molecule has 4 aromatic carbocycles. The molecule has 1 aliphatic heterocycles. The van der Waals surface area contributed by atoms with Crippen molar-refractivity contribution in [3.05, 3.63) is 155 Å². The number of nitrogen functional groups attached to an aromatic ring is 1. The number of anilines is 1. The molecule has 0 atom stereocenters. The van der Waals surface area contributed by atoms with Crippen LogP contribution in [0.25, 0.3) is 0 Å². The highest BCUT2D eigenvalue weighted by Crippen LogP contribution is 2.50. The second-order valence-corrected chi connectivity index (χ2v) is 9.81. The summed E-state index contributed by atoms with van der Waals surface area (Å²) in [4.78, 5) is 4.28. The van der Waals surface area contributed by atoms with Crippen molar-refractivity contribution in [2.75, 3.05) is 5.73 Å². The van der Waals surface area contributed by atoms with E-state index in [0.717, 1.165) is 28.3 Å². The molecular weight excluding hydrogens is 466 g/mol. The molecule has 2 N–H and O–H groups in total. The molecular formula is C34H30N3O+. The fraction of sp³-hybridized carbons (Fsp3) is 0.118. The zero-order chi connectivity index (χ0) is 26.1. The molecule has 1 aromatic heterocycles. The number of aromatic nitrogens is 1. The number of nitrogens with two attached hydrogens (primary N) is 1. The third-order valence-electron chi connectivity index (χ3n) is 7.02. The largest absolute Gasteiger partial charge is 0.491 e. The highest BCUT2D eigenvalue weighted by Gasteiger charge is 2.55. The van der Waals surface area contributed by atoms with E-state index < -0.39 is 5.54 Å². The molecule has 0 saturated carbocycles. The normalized spacial score (nSPS) is 12.7. The van der Waals surface area contributed by atoms with Gasteiger partial charge < -0.3 is 10.5 Å². The van der Waals surface area contributed by atoms with Gasteiger partial charge in [0, 0.05) is 35.0 Å². The predicted molar refractivity (Wildman–Crippen MR) is 153 cm³/mol. The van der Waals surface area contributed by atoms with Crippen LogP contribution in [0.2, 0.25) is 0 Å². The first-order valence-electron chi connectivity index (χ1n) is 13.0. The predicted octanol–water partition coefficient (Wildman–Crippen LogP) is 6.94. The van der Waals surface area contributed by atoms with Crippen LogP contribution >= 0.6 is 0 Å². The molecule has 0 saturated heterocycles. The molecule has 0 amide bonds. The quantitative estimate of drug-likeness (QED) is 0.196. The molecule has 0 aliphatic carbocycles. The van der Waals surface area contributed by atoms with Crippen molar-refractivity contribution < 1.29 is 9.31 Å². The molecule has 0 unspecified atom stereocenters. The number of fused-ring (bicyclic) bond motifs is 1. The van der Waals surface area contributed by atoms with Crippen LogP contribution in [0, 0.1) is 0 Å². The van der Waals surface area contributed by atoms with Gasteiger partial charge in [0.15, 0.2) is 0 Å². The van der Waals surface area contributed by atoms with Gasteiger partial charge in [-0.15, -0.1) is 0 Å². The van der Waals surface area contributed by atoms with E-state index in [1.165, 1.54) is 16.7 Å². The van der Waals surface area contributed by atoms with E-state index in [2.05, 4.69) is 119 Å². The van der Waals surface area contributed by atoms with Crippen LogP contribution in [0.3, 0.4) is 0 Å². The maximum Gasteiger partial charge on any atom is 0.245 e. The van der Waals surface area contributed by atoms with Crippen LogP contribution in [-0.4, -0.2) is 21.4 Å². The van der Waals surface area contributed by atoms with Crippen LogP contribution in [0.15, 0.2) is 128 Å². The Bertz CT molecular complexity index is 1510. The van der Waals surface area contributed by atoms with E-state index in [-0.39, 0.29) is 6.10 Å². The second-order valence-electron chi connectivity index (χ2n) is 9.81. The summed E-state index contributed by atoms with van der Waals surface area (Å²) in [7, 11) is 0. The average molecular weight is 497 g/mol. The summed E-state index contributed by atoms with van der Waals surface area (Å²) in [5, 5.41) is 0. The minimum Gasteiger partial charge on any atom is -0.491 e. The molecule has 0 spiro atoms. The standard InChI is InChI=1S/C34H30N3O/c1-24(2)38-29-18-19-31-30(23-29)33(25-20-21-36-32(35)22-25)37(31)34(26-12-6-3-7-13-26,27-14-8-4-9-15-27)28-16-10-5-11-17-28/h3-24H,1-2H3,(H2,35,36)/q+1. The van der Waals surface area contributed by atoms with E-state index in [1.807, 2.05) is 26.0 Å². The van der Waals surface area contributed by atoms with Crippen molar-refractivity contribution in [2.24, 2.45) is 0 Å². The van der Waals surface area contributed by atoms with E-state index in [0.29, 0.717) is 5.82 Å². The molecule has 1 aliphatic rings. The fourth-order valence-corrected chi connectivity index (χ4v) is 5.59. The number of rotatable bonds is 7. The number of nitrogens with zero attached hydrogens (tertiary/aromatic N) is 2. The van der Waals surface area contributed by atoms with Gasteiger partial charge in [-0.3, -0.25) is 0 Å². The Kier molecular flexibility index (Phi) is 6.01. The summed E-state index contributed by atoms with van der Waals surface area (Å²) in [5.74, 6) is 1.34. The Hall–Kier alpha value is -4.70. The smallest absolute Gasteiger partial charge is 0.245 e.